The molecule has 2 heterocycles. The number of aromatic amines is 1. The first-order chi connectivity index (χ1) is 11.2. The van der Waals surface area contributed by atoms with Crippen LogP contribution in [0.25, 0.3) is 10.7 Å². The van der Waals surface area contributed by atoms with Crippen LogP contribution in [-0.4, -0.2) is 26.8 Å². The van der Waals surface area contributed by atoms with Gasteiger partial charge in [0.25, 0.3) is 0 Å². The first-order valence-corrected chi connectivity index (χ1v) is 8.98. The molecule has 2 aromatic heterocycles. The minimum Gasteiger partial charge on any atom is -0.351 e. The van der Waals surface area contributed by atoms with Gasteiger partial charge in [0.2, 0.25) is 11.1 Å². The maximum atomic E-state index is 11.9. The molecule has 2 N–H and O–H groups in total. The lowest BCUT2D eigenvalue weighted by atomic mass is 10.1. The van der Waals surface area contributed by atoms with Crippen LogP contribution in [0.4, 0.5) is 0 Å². The number of H-pyrrole nitrogens is 1. The second-order valence-electron chi connectivity index (χ2n) is 4.99. The van der Waals surface area contributed by atoms with E-state index in [-0.39, 0.29) is 5.91 Å². The minimum atomic E-state index is -0.0296. The zero-order valence-electron chi connectivity index (χ0n) is 12.6. The highest BCUT2D eigenvalue weighted by molar-refractivity contribution is 7.99. The molecule has 0 aliphatic heterocycles. The second-order valence-corrected chi connectivity index (χ2v) is 6.89. The van der Waals surface area contributed by atoms with E-state index in [1.165, 1.54) is 17.3 Å². The van der Waals surface area contributed by atoms with Crippen LogP contribution in [0.1, 0.15) is 11.1 Å². The van der Waals surface area contributed by atoms with Crippen molar-refractivity contribution in [2.75, 3.05) is 5.75 Å². The number of thioether (sulfide) groups is 1. The van der Waals surface area contributed by atoms with E-state index < -0.39 is 0 Å². The molecule has 0 fully saturated rings. The lowest BCUT2D eigenvalue weighted by Gasteiger charge is -2.04. The van der Waals surface area contributed by atoms with Gasteiger partial charge in [-0.2, -0.15) is 0 Å². The van der Waals surface area contributed by atoms with E-state index in [0.29, 0.717) is 17.5 Å². The Hall–Kier alpha value is -2.12. The third kappa shape index (κ3) is 4.43. The molecule has 0 atom stereocenters. The number of carbonyl (C=O) groups is 1. The molecule has 0 radical (unpaired) electrons. The minimum absolute atomic E-state index is 0.0296. The average Bonchev–Trinajstić information content (AvgIpc) is 3.23. The monoisotopic (exact) mass is 344 g/mol. The Morgan fingerprint density at radius 1 is 1.30 bits per heavy atom. The lowest BCUT2D eigenvalue weighted by molar-refractivity contribution is -0.118. The Morgan fingerprint density at radius 3 is 2.87 bits per heavy atom. The summed E-state index contributed by atoms with van der Waals surface area (Å²) in [5.41, 5.74) is 2.30. The van der Waals surface area contributed by atoms with Gasteiger partial charge in [0, 0.05) is 6.54 Å². The third-order valence-corrected chi connectivity index (χ3v) is 4.89. The molecule has 0 saturated heterocycles. The predicted octanol–water partition coefficient (Wildman–Crippen LogP) is 3.25. The standard InChI is InChI=1S/C16H16N4OS2/c1-11-4-6-12(7-5-11)9-17-14(21)10-23-16-18-15(19-20-16)13-3-2-8-22-13/h2-8H,9-10H2,1H3,(H,17,21)(H,18,19,20). The van der Waals surface area contributed by atoms with E-state index in [1.807, 2.05) is 48.7 Å². The van der Waals surface area contributed by atoms with Crippen molar-refractivity contribution in [1.29, 1.82) is 0 Å². The Balaban J connectivity index is 1.46. The molecule has 1 aromatic carbocycles. The number of rotatable bonds is 6. The highest BCUT2D eigenvalue weighted by Crippen LogP contribution is 2.22. The van der Waals surface area contributed by atoms with Gasteiger partial charge >= 0.3 is 0 Å². The quantitative estimate of drug-likeness (QED) is 0.674. The van der Waals surface area contributed by atoms with Gasteiger partial charge in [-0.3, -0.25) is 9.89 Å². The van der Waals surface area contributed by atoms with Gasteiger partial charge in [-0.15, -0.1) is 16.4 Å². The zero-order valence-corrected chi connectivity index (χ0v) is 14.2. The first kappa shape index (κ1) is 15.8. The molecule has 7 heteroatoms. The molecule has 118 valence electrons. The molecule has 3 rings (SSSR count). The van der Waals surface area contributed by atoms with Crippen molar-refractivity contribution in [3.8, 4) is 10.7 Å². The SMILES string of the molecule is Cc1ccc(CNC(=O)CSc2n[nH]c(-c3cccs3)n2)cc1. The van der Waals surface area contributed by atoms with Crippen LogP contribution in [0.3, 0.4) is 0 Å². The average molecular weight is 344 g/mol. The van der Waals surface area contributed by atoms with Crippen molar-refractivity contribution in [3.63, 3.8) is 0 Å². The summed E-state index contributed by atoms with van der Waals surface area (Å²) < 4.78 is 0. The smallest absolute Gasteiger partial charge is 0.230 e. The highest BCUT2D eigenvalue weighted by atomic mass is 32.2. The number of aromatic nitrogens is 3. The van der Waals surface area contributed by atoms with Gasteiger partial charge < -0.3 is 5.32 Å². The van der Waals surface area contributed by atoms with E-state index in [9.17, 15) is 4.79 Å². The van der Waals surface area contributed by atoms with Crippen LogP contribution in [0.5, 0.6) is 0 Å². The Labute approximate surface area is 142 Å². The molecule has 23 heavy (non-hydrogen) atoms. The van der Waals surface area contributed by atoms with E-state index in [4.69, 9.17) is 0 Å². The predicted molar refractivity (Wildman–Crippen MR) is 93.4 cm³/mol. The van der Waals surface area contributed by atoms with Crippen LogP contribution in [0.2, 0.25) is 0 Å². The molecule has 0 saturated carbocycles. The van der Waals surface area contributed by atoms with Gasteiger partial charge in [-0.1, -0.05) is 47.7 Å². The fourth-order valence-corrected chi connectivity index (χ4v) is 3.21. The molecular formula is C16H16N4OS2. The second kappa shape index (κ2) is 7.43. The molecule has 0 aliphatic carbocycles. The summed E-state index contributed by atoms with van der Waals surface area (Å²) in [4.78, 5) is 17.3. The van der Waals surface area contributed by atoms with E-state index in [1.54, 1.807) is 11.3 Å². The number of aryl methyl sites for hydroxylation is 1. The zero-order chi connectivity index (χ0) is 16.1. The number of benzene rings is 1. The summed E-state index contributed by atoms with van der Waals surface area (Å²) in [5, 5.41) is 12.5. The van der Waals surface area contributed by atoms with Crippen molar-refractivity contribution < 1.29 is 4.79 Å². The molecule has 5 nitrogen and oxygen atoms in total. The molecule has 0 spiro atoms. The number of hydrogen-bond acceptors (Lipinski definition) is 5. The number of nitrogens with one attached hydrogen (secondary N) is 2. The number of amides is 1. The Kier molecular flexibility index (Phi) is 5.09. The topological polar surface area (TPSA) is 70.7 Å². The summed E-state index contributed by atoms with van der Waals surface area (Å²) in [6, 6.07) is 12.1. The Bertz CT molecular complexity index is 766. The third-order valence-electron chi connectivity index (χ3n) is 3.16. The largest absolute Gasteiger partial charge is 0.351 e. The van der Waals surface area contributed by atoms with Crippen LogP contribution in [-0.2, 0) is 11.3 Å². The normalized spacial score (nSPS) is 10.7. The summed E-state index contributed by atoms with van der Waals surface area (Å²) in [6.45, 7) is 2.58. The van der Waals surface area contributed by atoms with Crippen molar-refractivity contribution in [3.05, 3.63) is 52.9 Å². The van der Waals surface area contributed by atoms with Crippen molar-refractivity contribution in [2.45, 2.75) is 18.6 Å². The van der Waals surface area contributed by atoms with Crippen LogP contribution in [0.15, 0.2) is 46.9 Å². The van der Waals surface area contributed by atoms with Gasteiger partial charge in [0.15, 0.2) is 5.82 Å². The molecule has 3 aromatic rings. The number of hydrogen-bond donors (Lipinski definition) is 2. The summed E-state index contributed by atoms with van der Waals surface area (Å²) >= 11 is 2.92. The van der Waals surface area contributed by atoms with E-state index >= 15 is 0 Å². The molecule has 1 amide bonds. The van der Waals surface area contributed by atoms with E-state index in [0.717, 1.165) is 16.3 Å². The number of thiophene rings is 1. The summed E-state index contributed by atoms with van der Waals surface area (Å²) in [7, 11) is 0. The molecular weight excluding hydrogens is 328 g/mol. The summed E-state index contributed by atoms with van der Waals surface area (Å²) in [6.07, 6.45) is 0. The highest BCUT2D eigenvalue weighted by Gasteiger charge is 2.09. The van der Waals surface area contributed by atoms with Crippen molar-refractivity contribution in [2.24, 2.45) is 0 Å². The van der Waals surface area contributed by atoms with Gasteiger partial charge in [-0.25, -0.2) is 4.98 Å². The fourth-order valence-electron chi connectivity index (χ4n) is 1.92. The lowest BCUT2D eigenvalue weighted by Crippen LogP contribution is -2.24. The maximum Gasteiger partial charge on any atom is 0.230 e. The summed E-state index contributed by atoms with van der Waals surface area (Å²) in [5.74, 6) is 1.01. The molecule has 0 bridgehead atoms. The first-order valence-electron chi connectivity index (χ1n) is 7.12. The van der Waals surface area contributed by atoms with Crippen LogP contribution in [0, 0.1) is 6.92 Å². The van der Waals surface area contributed by atoms with E-state index in [2.05, 4.69) is 20.5 Å². The molecule has 0 aliphatic rings. The Morgan fingerprint density at radius 2 is 2.13 bits per heavy atom. The van der Waals surface area contributed by atoms with Gasteiger partial charge in [-0.05, 0) is 23.9 Å². The van der Waals surface area contributed by atoms with Crippen LogP contribution < -0.4 is 5.32 Å². The maximum absolute atomic E-state index is 11.9. The van der Waals surface area contributed by atoms with Gasteiger partial charge in [0.1, 0.15) is 0 Å². The fraction of sp³-hybridized carbons (Fsp3) is 0.188. The van der Waals surface area contributed by atoms with Crippen molar-refractivity contribution in [1.82, 2.24) is 20.5 Å². The van der Waals surface area contributed by atoms with Crippen molar-refractivity contribution >= 4 is 29.0 Å². The van der Waals surface area contributed by atoms with Crippen LogP contribution >= 0.6 is 23.1 Å². The molecule has 0 unspecified atom stereocenters. The number of nitrogens with zero attached hydrogens (tertiary/aromatic N) is 2. The number of carbonyl (C=O) groups excluding carboxylic acids is 1. The van der Waals surface area contributed by atoms with Gasteiger partial charge in [0.05, 0.1) is 10.6 Å².